The van der Waals surface area contributed by atoms with Gasteiger partial charge in [-0.2, -0.15) is 0 Å². The van der Waals surface area contributed by atoms with Crippen LogP contribution in [0.1, 0.15) is 17.5 Å². The van der Waals surface area contributed by atoms with Gasteiger partial charge in [0.05, 0.1) is 4.90 Å². The molecule has 0 atom stereocenters. The highest BCUT2D eigenvalue weighted by Gasteiger charge is 2.14. The molecule has 3 rings (SSSR count). The largest absolute Gasteiger partial charge is 0.294 e. The zero-order valence-electron chi connectivity index (χ0n) is 16.6. The van der Waals surface area contributed by atoms with Crippen LogP contribution in [0.3, 0.4) is 0 Å². The molecule has 0 fully saturated rings. The number of thioether (sulfide) groups is 1. The van der Waals surface area contributed by atoms with E-state index in [1.165, 1.54) is 12.1 Å². The summed E-state index contributed by atoms with van der Waals surface area (Å²) in [5, 5.41) is 15.9. The molecular formula is C19H21ClN6O3S2. The van der Waals surface area contributed by atoms with Gasteiger partial charge in [0.1, 0.15) is 0 Å². The van der Waals surface area contributed by atoms with E-state index in [0.717, 1.165) is 16.0 Å². The van der Waals surface area contributed by atoms with Gasteiger partial charge >= 0.3 is 0 Å². The van der Waals surface area contributed by atoms with Crippen molar-refractivity contribution >= 4 is 45.2 Å². The Morgan fingerprint density at radius 1 is 1.19 bits per heavy atom. The molecule has 0 unspecified atom stereocenters. The number of hydrogen-bond donors (Lipinski definition) is 3. The van der Waals surface area contributed by atoms with Gasteiger partial charge in [-0.3, -0.25) is 10.1 Å². The van der Waals surface area contributed by atoms with Gasteiger partial charge < -0.3 is 0 Å². The van der Waals surface area contributed by atoms with E-state index in [0.29, 0.717) is 17.2 Å². The minimum Gasteiger partial charge on any atom is -0.294 e. The number of rotatable bonds is 10. The molecule has 0 saturated heterocycles. The molecule has 2 aromatic carbocycles. The second-order valence-electron chi connectivity index (χ2n) is 6.61. The van der Waals surface area contributed by atoms with E-state index in [9.17, 15) is 13.2 Å². The summed E-state index contributed by atoms with van der Waals surface area (Å²) in [4.78, 5) is 13.1. The van der Waals surface area contributed by atoms with Crippen LogP contribution in [0.2, 0.25) is 5.02 Å². The molecule has 0 aliphatic carbocycles. The number of carbonyl (C=O) groups is 1. The summed E-state index contributed by atoms with van der Waals surface area (Å²) in [5.74, 6) is 0.565. The van der Waals surface area contributed by atoms with Gasteiger partial charge in [-0.25, -0.2) is 18.2 Å². The van der Waals surface area contributed by atoms with E-state index in [2.05, 4.69) is 30.7 Å². The van der Waals surface area contributed by atoms with E-state index in [4.69, 9.17) is 11.6 Å². The number of hydrogen-bond acceptors (Lipinski definition) is 7. The zero-order valence-corrected chi connectivity index (χ0v) is 19.0. The monoisotopic (exact) mass is 480 g/mol. The van der Waals surface area contributed by atoms with Gasteiger partial charge in [-0.1, -0.05) is 34.4 Å². The first-order valence-electron chi connectivity index (χ1n) is 9.34. The van der Waals surface area contributed by atoms with Crippen LogP contribution in [0.15, 0.2) is 52.3 Å². The number of nitrogens with one attached hydrogen (secondary N) is 3. The molecule has 3 N–H and O–H groups in total. The number of H-pyrrole nitrogens is 1. The molecule has 0 aliphatic rings. The standard InChI is InChI=1S/C19H21ClN6O3S2/c1-13-2-3-14(8-10-21-31(28,29)16-6-4-15(20)5-7-16)17(12-13)30-11-9-18(27)22-19-23-25-26-24-19/h2-7,12,21H,8-11H2,1H3,(H2,22,23,24,25,26,27). The maximum atomic E-state index is 12.4. The predicted octanol–water partition coefficient (Wildman–Crippen LogP) is 2.80. The molecule has 0 aliphatic heterocycles. The van der Waals surface area contributed by atoms with Gasteiger partial charge in [0, 0.05) is 28.6 Å². The van der Waals surface area contributed by atoms with Gasteiger partial charge in [-0.15, -0.1) is 11.8 Å². The van der Waals surface area contributed by atoms with Crippen molar-refractivity contribution in [2.24, 2.45) is 0 Å². The van der Waals surface area contributed by atoms with Crippen LogP contribution in [-0.4, -0.2) is 47.2 Å². The number of aromatic nitrogens is 4. The average Bonchev–Trinajstić information content (AvgIpc) is 3.23. The van der Waals surface area contributed by atoms with Crippen molar-refractivity contribution in [3.05, 3.63) is 58.6 Å². The van der Waals surface area contributed by atoms with Crippen LogP contribution in [0.25, 0.3) is 0 Å². The zero-order chi connectivity index (χ0) is 22.3. The number of nitrogens with zero attached hydrogens (tertiary/aromatic N) is 3. The van der Waals surface area contributed by atoms with Crippen molar-refractivity contribution < 1.29 is 13.2 Å². The third kappa shape index (κ3) is 7.03. The number of benzene rings is 2. The lowest BCUT2D eigenvalue weighted by molar-refractivity contribution is -0.115. The molecule has 9 nitrogen and oxygen atoms in total. The average molecular weight is 481 g/mol. The maximum Gasteiger partial charge on any atom is 0.246 e. The van der Waals surface area contributed by atoms with Crippen molar-refractivity contribution in [3.8, 4) is 0 Å². The van der Waals surface area contributed by atoms with Crippen molar-refractivity contribution in [2.75, 3.05) is 17.6 Å². The minimum absolute atomic E-state index is 0.170. The van der Waals surface area contributed by atoms with Crippen molar-refractivity contribution in [1.29, 1.82) is 0 Å². The highest BCUT2D eigenvalue weighted by atomic mass is 35.5. The topological polar surface area (TPSA) is 130 Å². The Morgan fingerprint density at radius 2 is 1.97 bits per heavy atom. The number of aromatic amines is 1. The molecule has 1 heterocycles. The van der Waals surface area contributed by atoms with E-state index in [1.807, 2.05) is 25.1 Å². The summed E-state index contributed by atoms with van der Waals surface area (Å²) in [6, 6.07) is 12.0. The SMILES string of the molecule is Cc1ccc(CCNS(=O)(=O)c2ccc(Cl)cc2)c(SCCC(=O)Nc2nnn[nH]2)c1. The summed E-state index contributed by atoms with van der Waals surface area (Å²) in [6.07, 6.45) is 0.799. The van der Waals surface area contributed by atoms with Crippen LogP contribution < -0.4 is 10.0 Å². The molecule has 12 heteroatoms. The molecule has 1 amide bonds. The fourth-order valence-corrected chi connectivity index (χ4v) is 4.97. The van der Waals surface area contributed by atoms with Crippen molar-refractivity contribution in [3.63, 3.8) is 0 Å². The maximum absolute atomic E-state index is 12.4. The molecule has 0 spiro atoms. The smallest absolute Gasteiger partial charge is 0.246 e. The second kappa shape index (κ2) is 10.7. The van der Waals surface area contributed by atoms with E-state index >= 15 is 0 Å². The van der Waals surface area contributed by atoms with Crippen LogP contribution in [0.4, 0.5) is 5.95 Å². The number of tetrazole rings is 1. The minimum atomic E-state index is -3.61. The van der Waals surface area contributed by atoms with Crippen LogP contribution in [0.5, 0.6) is 0 Å². The van der Waals surface area contributed by atoms with E-state index in [-0.39, 0.29) is 29.7 Å². The van der Waals surface area contributed by atoms with Crippen molar-refractivity contribution in [2.45, 2.75) is 29.6 Å². The molecular weight excluding hydrogens is 460 g/mol. The Kier molecular flexibility index (Phi) is 8.02. The lowest BCUT2D eigenvalue weighted by Crippen LogP contribution is -2.26. The summed E-state index contributed by atoms with van der Waals surface area (Å²) >= 11 is 7.36. The van der Waals surface area contributed by atoms with Crippen LogP contribution >= 0.6 is 23.4 Å². The summed E-state index contributed by atoms with van der Waals surface area (Å²) < 4.78 is 27.5. The van der Waals surface area contributed by atoms with Gasteiger partial charge in [-0.05, 0) is 59.7 Å². The molecule has 0 saturated carbocycles. The van der Waals surface area contributed by atoms with E-state index < -0.39 is 10.0 Å². The van der Waals surface area contributed by atoms with Crippen LogP contribution in [-0.2, 0) is 21.2 Å². The Hall–Kier alpha value is -2.47. The number of anilines is 1. The second-order valence-corrected chi connectivity index (χ2v) is 9.95. The Morgan fingerprint density at radius 3 is 2.68 bits per heavy atom. The summed E-state index contributed by atoms with van der Waals surface area (Å²) in [6.45, 7) is 2.24. The van der Waals surface area contributed by atoms with Crippen LogP contribution in [0, 0.1) is 6.92 Å². The lowest BCUT2D eigenvalue weighted by atomic mass is 10.1. The normalized spacial score (nSPS) is 11.4. The molecule has 31 heavy (non-hydrogen) atoms. The number of aryl methyl sites for hydroxylation is 1. The Bertz CT molecular complexity index is 1120. The summed E-state index contributed by atoms with van der Waals surface area (Å²) in [7, 11) is -3.61. The predicted molar refractivity (Wildman–Crippen MR) is 120 cm³/mol. The highest BCUT2D eigenvalue weighted by Crippen LogP contribution is 2.25. The molecule has 3 aromatic rings. The third-order valence-electron chi connectivity index (χ3n) is 4.22. The first-order valence-corrected chi connectivity index (χ1v) is 12.2. The first-order chi connectivity index (χ1) is 14.8. The summed E-state index contributed by atoms with van der Waals surface area (Å²) in [5.41, 5.74) is 2.10. The van der Waals surface area contributed by atoms with Crippen molar-refractivity contribution in [1.82, 2.24) is 25.3 Å². The number of halogens is 1. The molecule has 0 radical (unpaired) electrons. The van der Waals surface area contributed by atoms with Gasteiger partial charge in [0.2, 0.25) is 21.9 Å². The van der Waals surface area contributed by atoms with E-state index in [1.54, 1.807) is 23.9 Å². The fraction of sp³-hybridized carbons (Fsp3) is 0.263. The highest BCUT2D eigenvalue weighted by molar-refractivity contribution is 7.99. The quantitative estimate of drug-likeness (QED) is 0.380. The Balaban J connectivity index is 1.54. The number of sulfonamides is 1. The fourth-order valence-electron chi connectivity index (χ4n) is 2.68. The molecule has 1 aromatic heterocycles. The number of carbonyl (C=O) groups excluding carboxylic acids is 1. The lowest BCUT2D eigenvalue weighted by Gasteiger charge is -2.12. The first kappa shape index (κ1) is 23.2. The van der Waals surface area contributed by atoms with Gasteiger partial charge in [0.15, 0.2) is 0 Å². The third-order valence-corrected chi connectivity index (χ3v) is 7.05. The molecule has 164 valence electrons. The molecule has 0 bridgehead atoms. The Labute approximate surface area is 189 Å². The number of amides is 1. The van der Waals surface area contributed by atoms with Gasteiger partial charge in [0.25, 0.3) is 0 Å².